The van der Waals surface area contributed by atoms with Crippen molar-refractivity contribution in [2.45, 2.75) is 40.5 Å². The lowest BCUT2D eigenvalue weighted by atomic mass is 10.2. The van der Waals surface area contributed by atoms with Crippen LogP contribution < -0.4 is 9.06 Å². The fourth-order valence-electron chi connectivity index (χ4n) is 2.74. The predicted octanol–water partition coefficient (Wildman–Crippen LogP) is 5.48. The van der Waals surface area contributed by atoms with Gasteiger partial charge in [0.25, 0.3) is 0 Å². The SMILES string of the molecule is CCC1=C(CC)SC(=c2sc3c(C)/c(=C(/C#N)C=N)sc3c2C)S1. The molecule has 3 rings (SSSR count). The van der Waals surface area contributed by atoms with Crippen molar-refractivity contribution in [1.82, 2.24) is 0 Å². The molecule has 1 N–H and O–H groups in total. The first-order valence-electron chi connectivity index (χ1n) is 7.81. The van der Waals surface area contributed by atoms with Crippen LogP contribution in [0.15, 0.2) is 9.81 Å². The van der Waals surface area contributed by atoms with E-state index in [0.717, 1.165) is 22.9 Å². The van der Waals surface area contributed by atoms with Crippen LogP contribution in [0.3, 0.4) is 0 Å². The minimum Gasteiger partial charge on any atom is -0.307 e. The van der Waals surface area contributed by atoms with Crippen molar-refractivity contribution in [1.29, 1.82) is 10.7 Å². The Morgan fingerprint density at radius 2 is 1.62 bits per heavy atom. The van der Waals surface area contributed by atoms with Crippen LogP contribution in [-0.4, -0.2) is 6.21 Å². The van der Waals surface area contributed by atoms with Crippen LogP contribution in [0.4, 0.5) is 0 Å². The van der Waals surface area contributed by atoms with Gasteiger partial charge in [-0.3, -0.25) is 0 Å². The zero-order chi connectivity index (χ0) is 17.4. The van der Waals surface area contributed by atoms with Crippen LogP contribution >= 0.6 is 46.2 Å². The molecule has 0 atom stereocenters. The van der Waals surface area contributed by atoms with E-state index in [0.29, 0.717) is 5.57 Å². The van der Waals surface area contributed by atoms with Crippen LogP contribution in [0.5, 0.6) is 0 Å². The van der Waals surface area contributed by atoms with E-state index >= 15 is 0 Å². The highest BCUT2D eigenvalue weighted by Gasteiger charge is 2.22. The molecule has 3 heterocycles. The van der Waals surface area contributed by atoms with E-state index in [2.05, 4.69) is 33.8 Å². The Morgan fingerprint density at radius 1 is 1.04 bits per heavy atom. The van der Waals surface area contributed by atoms with Gasteiger partial charge in [0.05, 0.1) is 18.9 Å². The molecule has 0 saturated carbocycles. The van der Waals surface area contributed by atoms with Crippen molar-refractivity contribution in [3.63, 3.8) is 0 Å². The normalized spacial score (nSPS) is 16.0. The molecule has 0 aromatic carbocycles. The third-order valence-electron chi connectivity index (χ3n) is 4.06. The summed E-state index contributed by atoms with van der Waals surface area (Å²) in [7, 11) is 0. The van der Waals surface area contributed by atoms with Crippen molar-refractivity contribution in [3.05, 3.63) is 30.0 Å². The van der Waals surface area contributed by atoms with E-state index in [4.69, 9.17) is 5.41 Å². The summed E-state index contributed by atoms with van der Waals surface area (Å²) in [5, 5.41) is 16.7. The lowest BCUT2D eigenvalue weighted by Crippen LogP contribution is -2.04. The van der Waals surface area contributed by atoms with Gasteiger partial charge in [0.1, 0.15) is 6.07 Å². The van der Waals surface area contributed by atoms with E-state index in [1.807, 2.05) is 34.9 Å². The van der Waals surface area contributed by atoms with Crippen molar-refractivity contribution in [2.24, 2.45) is 0 Å². The van der Waals surface area contributed by atoms with Gasteiger partial charge in [-0.15, -0.1) is 22.7 Å². The first-order chi connectivity index (χ1) is 11.5. The molecule has 0 bridgehead atoms. The molecule has 1 aliphatic rings. The largest absolute Gasteiger partial charge is 0.307 e. The Bertz CT molecular complexity index is 1010. The van der Waals surface area contributed by atoms with Gasteiger partial charge >= 0.3 is 0 Å². The molecule has 6 heteroatoms. The number of thioether (sulfide) groups is 2. The second-order valence-electron chi connectivity index (χ2n) is 5.49. The van der Waals surface area contributed by atoms with Gasteiger partial charge in [-0.25, -0.2) is 0 Å². The molecule has 2 nitrogen and oxygen atoms in total. The quantitative estimate of drug-likeness (QED) is 0.706. The van der Waals surface area contributed by atoms with E-state index in [1.54, 1.807) is 11.3 Å². The summed E-state index contributed by atoms with van der Waals surface area (Å²) in [5.41, 5.74) is 2.92. The molecule has 24 heavy (non-hydrogen) atoms. The van der Waals surface area contributed by atoms with Crippen LogP contribution in [0.25, 0.3) is 19.2 Å². The van der Waals surface area contributed by atoms with Gasteiger partial charge in [-0.2, -0.15) is 5.26 Å². The zero-order valence-electron chi connectivity index (χ0n) is 14.1. The van der Waals surface area contributed by atoms with Crippen molar-refractivity contribution < 1.29 is 0 Å². The summed E-state index contributed by atoms with van der Waals surface area (Å²) in [4.78, 5) is 3.02. The standard InChI is InChI=1S/C18H18N2S4/c1-5-12-13(6-2)22-18(21-12)17-10(4)16-15(24-17)9(3)14(23-16)11(7-19)8-20/h7,19H,5-6H2,1-4H3/b14-11-,19-7?. The second-order valence-corrected chi connectivity index (χ2v) is 10.00. The van der Waals surface area contributed by atoms with E-state index in [1.165, 1.54) is 39.8 Å². The molecule has 0 radical (unpaired) electrons. The monoisotopic (exact) mass is 390 g/mol. The Kier molecular flexibility index (Phi) is 5.26. The summed E-state index contributed by atoms with van der Waals surface area (Å²) < 4.78 is 6.28. The van der Waals surface area contributed by atoms with E-state index in [9.17, 15) is 5.26 Å². The molecule has 0 spiro atoms. The number of hydrogen-bond donors (Lipinski definition) is 1. The van der Waals surface area contributed by atoms with Crippen LogP contribution in [0, 0.1) is 30.6 Å². The zero-order valence-corrected chi connectivity index (χ0v) is 17.3. The van der Waals surface area contributed by atoms with Crippen molar-refractivity contribution in [3.8, 4) is 6.07 Å². The number of aryl methyl sites for hydroxylation is 2. The lowest BCUT2D eigenvalue weighted by Gasteiger charge is -1.95. The molecule has 0 aliphatic carbocycles. The number of hydrogen-bond acceptors (Lipinski definition) is 6. The van der Waals surface area contributed by atoms with Crippen molar-refractivity contribution in [2.75, 3.05) is 0 Å². The van der Waals surface area contributed by atoms with Gasteiger partial charge in [0, 0.05) is 15.6 Å². The van der Waals surface area contributed by atoms with Gasteiger partial charge in [-0.05, 0) is 47.6 Å². The third kappa shape index (κ3) is 2.78. The first-order valence-corrected chi connectivity index (χ1v) is 11.1. The number of thiophene rings is 2. The van der Waals surface area contributed by atoms with E-state index < -0.39 is 0 Å². The number of nitrogens with one attached hydrogen (secondary N) is 1. The minimum absolute atomic E-state index is 0.460. The number of rotatable bonds is 3. The van der Waals surface area contributed by atoms with Gasteiger partial charge in [0.15, 0.2) is 0 Å². The summed E-state index contributed by atoms with van der Waals surface area (Å²) in [5.74, 6) is 0. The second kappa shape index (κ2) is 7.09. The molecule has 0 unspecified atom stereocenters. The fraction of sp³-hybridized carbons (Fsp3) is 0.333. The number of fused-ring (bicyclic) bond motifs is 1. The Morgan fingerprint density at radius 3 is 2.08 bits per heavy atom. The fourth-order valence-corrected chi connectivity index (χ4v) is 8.60. The van der Waals surface area contributed by atoms with Crippen LogP contribution in [0.1, 0.15) is 37.8 Å². The van der Waals surface area contributed by atoms with Gasteiger partial charge < -0.3 is 5.41 Å². The van der Waals surface area contributed by atoms with Crippen LogP contribution in [-0.2, 0) is 0 Å². The number of nitriles is 1. The molecule has 2 aromatic rings. The first kappa shape index (κ1) is 17.8. The summed E-state index contributed by atoms with van der Waals surface area (Å²) >= 11 is 7.36. The molecule has 2 aromatic heterocycles. The molecule has 0 fully saturated rings. The van der Waals surface area contributed by atoms with Crippen LogP contribution in [0.2, 0.25) is 0 Å². The Labute approximate surface area is 158 Å². The maximum absolute atomic E-state index is 9.23. The number of allylic oxidation sites excluding steroid dienone is 2. The highest BCUT2D eigenvalue weighted by molar-refractivity contribution is 8.35. The van der Waals surface area contributed by atoms with Gasteiger partial charge in [0.2, 0.25) is 0 Å². The Balaban J connectivity index is 2.24. The van der Waals surface area contributed by atoms with E-state index in [-0.39, 0.29) is 0 Å². The lowest BCUT2D eigenvalue weighted by molar-refractivity contribution is 1.12. The third-order valence-corrected chi connectivity index (χ3v) is 10.3. The topological polar surface area (TPSA) is 47.6 Å². The Hall–Kier alpha value is -1.000. The predicted molar refractivity (Wildman–Crippen MR) is 112 cm³/mol. The average Bonchev–Trinajstić information content (AvgIpc) is 3.24. The smallest absolute Gasteiger partial charge is 0.102 e. The summed E-state index contributed by atoms with van der Waals surface area (Å²) in [6, 6.07) is 2.14. The molecule has 124 valence electrons. The molecule has 0 saturated heterocycles. The summed E-state index contributed by atoms with van der Waals surface area (Å²) in [6.07, 6.45) is 3.37. The molecule has 0 amide bonds. The van der Waals surface area contributed by atoms with Gasteiger partial charge in [-0.1, -0.05) is 37.4 Å². The summed E-state index contributed by atoms with van der Waals surface area (Å²) in [6.45, 7) is 8.72. The minimum atomic E-state index is 0.460. The van der Waals surface area contributed by atoms with Crippen molar-refractivity contribution >= 4 is 71.6 Å². The average molecular weight is 391 g/mol. The highest BCUT2D eigenvalue weighted by Crippen LogP contribution is 2.52. The molecule has 1 aliphatic heterocycles. The molecular weight excluding hydrogens is 372 g/mol. The molecular formula is C18H18N2S4. The highest BCUT2D eigenvalue weighted by atomic mass is 32.2. The number of nitrogens with zero attached hydrogens (tertiary/aromatic N) is 1. The maximum Gasteiger partial charge on any atom is 0.102 e. The maximum atomic E-state index is 9.23.